The van der Waals surface area contributed by atoms with Gasteiger partial charge in [-0.1, -0.05) is 44.3 Å². The molecule has 0 spiro atoms. The van der Waals surface area contributed by atoms with Crippen molar-refractivity contribution in [1.29, 1.82) is 0 Å². The zero-order valence-electron chi connectivity index (χ0n) is 14.7. The second kappa shape index (κ2) is 14.8. The van der Waals surface area contributed by atoms with E-state index in [4.69, 9.17) is 4.74 Å². The Morgan fingerprint density at radius 3 is 2.27 bits per heavy atom. The molecule has 0 radical (unpaired) electrons. The Labute approximate surface area is 136 Å². The van der Waals surface area contributed by atoms with Gasteiger partial charge < -0.3 is 9.53 Å². The Kier molecular flexibility index (Phi) is 14.0. The van der Waals surface area contributed by atoms with Crippen LogP contribution in [0.15, 0.2) is 11.6 Å². The number of unbranched alkanes of at least 4 members (excludes halogenated alkanes) is 6. The van der Waals surface area contributed by atoms with Crippen LogP contribution in [0, 0.1) is 5.92 Å². The van der Waals surface area contributed by atoms with Crippen LogP contribution in [-0.2, 0) is 14.3 Å². The Morgan fingerprint density at radius 2 is 1.64 bits per heavy atom. The van der Waals surface area contributed by atoms with Crippen LogP contribution in [0.4, 0.5) is 0 Å². The van der Waals surface area contributed by atoms with Gasteiger partial charge in [0.2, 0.25) is 0 Å². The molecular formula is C19H34O3. The van der Waals surface area contributed by atoms with Crippen LogP contribution in [0.3, 0.4) is 0 Å². The zero-order valence-corrected chi connectivity index (χ0v) is 14.7. The van der Waals surface area contributed by atoms with Gasteiger partial charge in [-0.25, -0.2) is 0 Å². The van der Waals surface area contributed by atoms with Crippen molar-refractivity contribution in [3.05, 3.63) is 11.6 Å². The number of ether oxygens (including phenoxy) is 1. The van der Waals surface area contributed by atoms with Crippen LogP contribution in [0.1, 0.15) is 85.0 Å². The molecule has 0 aromatic carbocycles. The maximum Gasteiger partial charge on any atom is 0.306 e. The highest BCUT2D eigenvalue weighted by Crippen LogP contribution is 2.13. The maximum atomic E-state index is 11.7. The molecule has 0 aromatic heterocycles. The van der Waals surface area contributed by atoms with Crippen molar-refractivity contribution in [3.8, 4) is 0 Å². The number of hydrogen-bond donors (Lipinski definition) is 0. The average molecular weight is 310 g/mol. The van der Waals surface area contributed by atoms with E-state index < -0.39 is 0 Å². The smallest absolute Gasteiger partial charge is 0.306 e. The molecule has 0 heterocycles. The summed E-state index contributed by atoms with van der Waals surface area (Å²) in [4.78, 5) is 21.8. The largest absolute Gasteiger partial charge is 0.466 e. The summed E-state index contributed by atoms with van der Waals surface area (Å²) in [6.07, 6.45) is 13.0. The number of carbonyl (C=O) groups is 2. The lowest BCUT2D eigenvalue weighted by atomic mass is 10.0. The summed E-state index contributed by atoms with van der Waals surface area (Å²) >= 11 is 0. The summed E-state index contributed by atoms with van der Waals surface area (Å²) in [5, 5.41) is 0. The van der Waals surface area contributed by atoms with Crippen LogP contribution in [-0.4, -0.2) is 18.9 Å². The first-order valence-electron chi connectivity index (χ1n) is 8.79. The predicted octanol–water partition coefficient (Wildman–Crippen LogP) is 5.23. The van der Waals surface area contributed by atoms with Gasteiger partial charge in [0, 0.05) is 12.8 Å². The Balaban J connectivity index is 3.42. The molecule has 0 aliphatic rings. The Morgan fingerprint density at radius 1 is 1.00 bits per heavy atom. The minimum Gasteiger partial charge on any atom is -0.466 e. The fourth-order valence-corrected chi connectivity index (χ4v) is 2.32. The van der Waals surface area contributed by atoms with Gasteiger partial charge in [0.15, 0.2) is 0 Å². The number of esters is 1. The normalized spacial score (nSPS) is 11.8. The van der Waals surface area contributed by atoms with Gasteiger partial charge in [0.1, 0.15) is 6.29 Å². The van der Waals surface area contributed by atoms with Crippen molar-refractivity contribution >= 4 is 12.3 Å². The third kappa shape index (κ3) is 15.3. The topological polar surface area (TPSA) is 43.4 Å². The number of carbonyl (C=O) groups excluding carboxylic acids is 2. The van der Waals surface area contributed by atoms with Crippen molar-refractivity contribution in [2.24, 2.45) is 5.92 Å². The van der Waals surface area contributed by atoms with Crippen LogP contribution >= 0.6 is 0 Å². The fourth-order valence-electron chi connectivity index (χ4n) is 2.32. The lowest BCUT2D eigenvalue weighted by molar-refractivity contribution is -0.144. The highest BCUT2D eigenvalue weighted by Gasteiger charge is 2.09. The molecule has 0 saturated carbocycles. The molecular weight excluding hydrogens is 276 g/mol. The summed E-state index contributed by atoms with van der Waals surface area (Å²) < 4.78 is 5.28. The predicted molar refractivity (Wildman–Crippen MR) is 91.8 cm³/mol. The molecule has 0 aliphatic heterocycles. The summed E-state index contributed by atoms with van der Waals surface area (Å²) in [5.74, 6) is 0.330. The summed E-state index contributed by atoms with van der Waals surface area (Å²) in [6.45, 7) is 6.86. The van der Waals surface area contributed by atoms with Gasteiger partial charge in [-0.2, -0.15) is 0 Å². The van der Waals surface area contributed by atoms with Crippen LogP contribution < -0.4 is 0 Å². The lowest BCUT2D eigenvalue weighted by Crippen LogP contribution is -2.10. The van der Waals surface area contributed by atoms with Crippen LogP contribution in [0.25, 0.3) is 0 Å². The van der Waals surface area contributed by atoms with Crippen LogP contribution in [0.5, 0.6) is 0 Å². The molecule has 0 bridgehead atoms. The number of aldehydes is 1. The van der Waals surface area contributed by atoms with E-state index in [-0.39, 0.29) is 5.97 Å². The molecule has 1 unspecified atom stereocenters. The number of allylic oxidation sites excluding steroid dienone is 2. The van der Waals surface area contributed by atoms with Crippen molar-refractivity contribution in [2.75, 3.05) is 6.61 Å². The van der Waals surface area contributed by atoms with Crippen molar-refractivity contribution < 1.29 is 14.3 Å². The number of hydrogen-bond acceptors (Lipinski definition) is 3. The second-order valence-corrected chi connectivity index (χ2v) is 6.47. The monoisotopic (exact) mass is 310 g/mol. The van der Waals surface area contributed by atoms with Gasteiger partial charge in [0.25, 0.3) is 0 Å². The zero-order chi connectivity index (χ0) is 16.6. The van der Waals surface area contributed by atoms with E-state index in [1.165, 1.54) is 12.0 Å². The Hall–Kier alpha value is -1.12. The minimum atomic E-state index is -0.0596. The SMILES string of the molecule is CC(C)=CCCC(C)CC(=O)OCCCCCCCCC=O. The highest BCUT2D eigenvalue weighted by molar-refractivity contribution is 5.69. The number of rotatable bonds is 14. The first-order chi connectivity index (χ1) is 10.6. The molecule has 0 aromatic rings. The van der Waals surface area contributed by atoms with E-state index in [1.54, 1.807) is 0 Å². The average Bonchev–Trinajstić information content (AvgIpc) is 2.45. The van der Waals surface area contributed by atoms with Gasteiger partial charge in [-0.3, -0.25) is 4.79 Å². The maximum absolute atomic E-state index is 11.7. The van der Waals surface area contributed by atoms with Crippen molar-refractivity contribution in [2.45, 2.75) is 85.0 Å². The van der Waals surface area contributed by atoms with Crippen molar-refractivity contribution in [1.82, 2.24) is 0 Å². The molecule has 0 aliphatic carbocycles. The summed E-state index contributed by atoms with van der Waals surface area (Å²) in [6, 6.07) is 0. The molecule has 1 atom stereocenters. The van der Waals surface area contributed by atoms with Gasteiger partial charge >= 0.3 is 5.97 Å². The molecule has 128 valence electrons. The second-order valence-electron chi connectivity index (χ2n) is 6.47. The van der Waals surface area contributed by atoms with Crippen molar-refractivity contribution in [3.63, 3.8) is 0 Å². The third-order valence-corrected chi connectivity index (χ3v) is 3.71. The molecule has 3 heteroatoms. The quantitative estimate of drug-likeness (QED) is 0.191. The molecule has 0 fully saturated rings. The van der Waals surface area contributed by atoms with E-state index in [0.29, 0.717) is 25.4 Å². The molecule has 3 nitrogen and oxygen atoms in total. The van der Waals surface area contributed by atoms with Gasteiger partial charge in [-0.15, -0.1) is 0 Å². The van der Waals surface area contributed by atoms with E-state index in [9.17, 15) is 9.59 Å². The molecule has 0 rings (SSSR count). The summed E-state index contributed by atoms with van der Waals surface area (Å²) in [7, 11) is 0. The highest BCUT2D eigenvalue weighted by atomic mass is 16.5. The molecule has 0 saturated heterocycles. The van der Waals surface area contributed by atoms with E-state index in [0.717, 1.165) is 51.2 Å². The Bertz CT molecular complexity index is 317. The molecule has 0 N–H and O–H groups in total. The van der Waals surface area contributed by atoms with E-state index in [2.05, 4.69) is 26.8 Å². The minimum absolute atomic E-state index is 0.0596. The first-order valence-corrected chi connectivity index (χ1v) is 8.79. The van der Waals surface area contributed by atoms with E-state index >= 15 is 0 Å². The van der Waals surface area contributed by atoms with Gasteiger partial charge in [-0.05, 0) is 45.4 Å². The van der Waals surface area contributed by atoms with E-state index in [1.807, 2.05) is 0 Å². The fraction of sp³-hybridized carbons (Fsp3) is 0.789. The van der Waals surface area contributed by atoms with Crippen LogP contribution in [0.2, 0.25) is 0 Å². The summed E-state index contributed by atoms with van der Waals surface area (Å²) in [5.41, 5.74) is 1.33. The molecule has 0 amide bonds. The first kappa shape index (κ1) is 20.9. The third-order valence-electron chi connectivity index (χ3n) is 3.71. The lowest BCUT2D eigenvalue weighted by Gasteiger charge is -2.10. The standard InChI is InChI=1S/C19H34O3/c1-17(2)12-11-13-18(3)16-19(21)22-15-10-8-6-4-5-7-9-14-20/h12,14,18H,4-11,13,15-16H2,1-3H3. The van der Waals surface area contributed by atoms with Gasteiger partial charge in [0.05, 0.1) is 6.61 Å². The molecule has 22 heavy (non-hydrogen) atoms.